The maximum atomic E-state index is 11.3. The quantitative estimate of drug-likeness (QED) is 0.703. The van der Waals surface area contributed by atoms with Crippen LogP contribution in [0.2, 0.25) is 0 Å². The zero-order chi connectivity index (χ0) is 11.1. The molecule has 1 amide bonds. The van der Waals surface area contributed by atoms with E-state index in [2.05, 4.69) is 10.7 Å². The summed E-state index contributed by atoms with van der Waals surface area (Å²) in [4.78, 5) is 11.3. The van der Waals surface area contributed by atoms with E-state index >= 15 is 0 Å². The van der Waals surface area contributed by atoms with Crippen LogP contribution in [0.15, 0.2) is 10.8 Å². The molecule has 15 heavy (non-hydrogen) atoms. The Hall–Kier alpha value is -0.910. The molecule has 0 atom stereocenters. The van der Waals surface area contributed by atoms with E-state index in [1.807, 2.05) is 12.3 Å². The van der Waals surface area contributed by atoms with Gasteiger partial charge < -0.3 is 15.8 Å². The molecule has 5 heteroatoms. The molecule has 0 spiro atoms. The second-order valence-corrected chi connectivity index (χ2v) is 3.94. The maximum Gasteiger partial charge on any atom is 0.246 e. The van der Waals surface area contributed by atoms with Gasteiger partial charge in [0.1, 0.15) is 6.61 Å². The van der Waals surface area contributed by atoms with Crippen LogP contribution in [0.4, 0.5) is 0 Å². The molecule has 0 aliphatic heterocycles. The minimum absolute atomic E-state index is 0.0837. The van der Waals surface area contributed by atoms with Gasteiger partial charge in [0.2, 0.25) is 5.91 Å². The van der Waals surface area contributed by atoms with Crippen molar-refractivity contribution in [2.24, 2.45) is 5.73 Å². The highest BCUT2D eigenvalue weighted by molar-refractivity contribution is 7.08. The zero-order valence-electron chi connectivity index (χ0n) is 8.79. The lowest BCUT2D eigenvalue weighted by Gasteiger charge is -2.05. The van der Waals surface area contributed by atoms with E-state index in [1.54, 1.807) is 11.3 Å². The highest BCUT2D eigenvalue weighted by atomic mass is 32.1. The predicted molar refractivity (Wildman–Crippen MR) is 60.8 cm³/mol. The van der Waals surface area contributed by atoms with Crippen LogP contribution in [0.5, 0.6) is 0 Å². The normalized spacial score (nSPS) is 10.3. The van der Waals surface area contributed by atoms with Crippen LogP contribution in [0.25, 0.3) is 0 Å². The summed E-state index contributed by atoms with van der Waals surface area (Å²) in [5.74, 6) is -0.103. The molecule has 1 aromatic heterocycles. The number of nitrogens with two attached hydrogens (primary N) is 1. The van der Waals surface area contributed by atoms with E-state index in [0.29, 0.717) is 19.7 Å². The standard InChI is InChI=1S/C10H16N2O2S/c1-8-6-15-7-9(8)4-12-10(13)5-14-3-2-11/h6-7H,2-5,11H2,1H3,(H,12,13). The molecule has 0 bridgehead atoms. The lowest BCUT2D eigenvalue weighted by Crippen LogP contribution is -2.28. The number of amides is 1. The highest BCUT2D eigenvalue weighted by Crippen LogP contribution is 2.12. The van der Waals surface area contributed by atoms with Crippen molar-refractivity contribution >= 4 is 17.2 Å². The van der Waals surface area contributed by atoms with Crippen molar-refractivity contribution in [3.8, 4) is 0 Å². The average Bonchev–Trinajstić information content (AvgIpc) is 2.61. The molecule has 0 aliphatic carbocycles. The number of hydrogen-bond acceptors (Lipinski definition) is 4. The van der Waals surface area contributed by atoms with Crippen LogP contribution in [-0.4, -0.2) is 25.7 Å². The summed E-state index contributed by atoms with van der Waals surface area (Å²) in [5, 5.41) is 6.89. The Morgan fingerprint density at radius 3 is 3.00 bits per heavy atom. The van der Waals surface area contributed by atoms with Crippen molar-refractivity contribution in [3.05, 3.63) is 21.9 Å². The van der Waals surface area contributed by atoms with E-state index in [1.165, 1.54) is 5.56 Å². The first-order valence-electron chi connectivity index (χ1n) is 4.80. The van der Waals surface area contributed by atoms with Gasteiger partial charge in [-0.05, 0) is 28.8 Å². The predicted octanol–water partition coefficient (Wildman–Crippen LogP) is 0.648. The number of hydrogen-bond donors (Lipinski definition) is 2. The number of nitrogens with one attached hydrogen (secondary N) is 1. The van der Waals surface area contributed by atoms with Crippen molar-refractivity contribution in [2.75, 3.05) is 19.8 Å². The van der Waals surface area contributed by atoms with Gasteiger partial charge in [-0.15, -0.1) is 0 Å². The van der Waals surface area contributed by atoms with Crippen molar-refractivity contribution in [3.63, 3.8) is 0 Å². The first-order valence-corrected chi connectivity index (χ1v) is 5.74. The molecule has 4 nitrogen and oxygen atoms in total. The average molecular weight is 228 g/mol. The summed E-state index contributed by atoms with van der Waals surface area (Å²) in [7, 11) is 0. The smallest absolute Gasteiger partial charge is 0.246 e. The van der Waals surface area contributed by atoms with Gasteiger partial charge in [-0.1, -0.05) is 0 Å². The molecule has 84 valence electrons. The molecule has 3 N–H and O–H groups in total. The Labute approximate surface area is 93.4 Å². The van der Waals surface area contributed by atoms with Crippen molar-refractivity contribution in [1.29, 1.82) is 0 Å². The van der Waals surface area contributed by atoms with Crippen LogP contribution in [-0.2, 0) is 16.1 Å². The van der Waals surface area contributed by atoms with Crippen LogP contribution in [0.1, 0.15) is 11.1 Å². The molecule has 0 radical (unpaired) electrons. The summed E-state index contributed by atoms with van der Waals surface area (Å²) in [6, 6.07) is 0. The van der Waals surface area contributed by atoms with E-state index in [0.717, 1.165) is 5.56 Å². The van der Waals surface area contributed by atoms with E-state index < -0.39 is 0 Å². The number of aryl methyl sites for hydroxylation is 1. The third-order valence-corrected chi connectivity index (χ3v) is 2.84. The molecule has 1 heterocycles. The highest BCUT2D eigenvalue weighted by Gasteiger charge is 2.03. The number of carbonyl (C=O) groups excluding carboxylic acids is 1. The molecule has 0 unspecified atom stereocenters. The number of carbonyl (C=O) groups is 1. The third kappa shape index (κ3) is 4.42. The van der Waals surface area contributed by atoms with Gasteiger partial charge in [-0.25, -0.2) is 0 Å². The summed E-state index contributed by atoms with van der Waals surface area (Å²) in [6.07, 6.45) is 0. The largest absolute Gasteiger partial charge is 0.370 e. The van der Waals surface area contributed by atoms with Gasteiger partial charge in [0.15, 0.2) is 0 Å². The van der Waals surface area contributed by atoms with E-state index in [9.17, 15) is 4.79 Å². The second-order valence-electron chi connectivity index (χ2n) is 3.20. The van der Waals surface area contributed by atoms with Crippen molar-refractivity contribution in [2.45, 2.75) is 13.5 Å². The van der Waals surface area contributed by atoms with Crippen LogP contribution >= 0.6 is 11.3 Å². The van der Waals surface area contributed by atoms with Crippen LogP contribution < -0.4 is 11.1 Å². The second kappa shape index (κ2) is 6.55. The van der Waals surface area contributed by atoms with Gasteiger partial charge in [-0.2, -0.15) is 11.3 Å². The lowest BCUT2D eigenvalue weighted by molar-refractivity contribution is -0.125. The molecule has 0 aliphatic rings. The van der Waals surface area contributed by atoms with E-state index in [-0.39, 0.29) is 12.5 Å². The molecule has 1 rings (SSSR count). The fraction of sp³-hybridized carbons (Fsp3) is 0.500. The lowest BCUT2D eigenvalue weighted by atomic mass is 10.2. The molecule has 1 aromatic rings. The summed E-state index contributed by atoms with van der Waals surface area (Å²) in [5.41, 5.74) is 7.60. The maximum absolute atomic E-state index is 11.3. The fourth-order valence-electron chi connectivity index (χ4n) is 1.06. The Bertz CT molecular complexity index is 312. The number of rotatable bonds is 6. The van der Waals surface area contributed by atoms with Gasteiger partial charge >= 0.3 is 0 Å². The first kappa shape index (κ1) is 12.2. The Morgan fingerprint density at radius 1 is 1.60 bits per heavy atom. The van der Waals surface area contributed by atoms with Gasteiger partial charge in [0.25, 0.3) is 0 Å². The zero-order valence-corrected chi connectivity index (χ0v) is 9.60. The molecule has 0 saturated carbocycles. The first-order chi connectivity index (χ1) is 7.24. The van der Waals surface area contributed by atoms with Crippen molar-refractivity contribution in [1.82, 2.24) is 5.32 Å². The van der Waals surface area contributed by atoms with Crippen LogP contribution in [0, 0.1) is 6.92 Å². The van der Waals surface area contributed by atoms with Gasteiger partial charge in [-0.3, -0.25) is 4.79 Å². The van der Waals surface area contributed by atoms with E-state index in [4.69, 9.17) is 10.5 Å². The topological polar surface area (TPSA) is 64.3 Å². The summed E-state index contributed by atoms with van der Waals surface area (Å²) >= 11 is 1.64. The fourth-order valence-corrected chi connectivity index (χ4v) is 1.92. The van der Waals surface area contributed by atoms with Gasteiger partial charge in [0, 0.05) is 13.1 Å². The molecule has 0 saturated heterocycles. The third-order valence-electron chi connectivity index (χ3n) is 1.93. The van der Waals surface area contributed by atoms with Gasteiger partial charge in [0.05, 0.1) is 6.61 Å². The van der Waals surface area contributed by atoms with Crippen LogP contribution in [0.3, 0.4) is 0 Å². The number of thiophene rings is 1. The SMILES string of the molecule is Cc1cscc1CNC(=O)COCCN. The minimum atomic E-state index is -0.103. The Morgan fingerprint density at radius 2 is 2.40 bits per heavy atom. The monoisotopic (exact) mass is 228 g/mol. The van der Waals surface area contributed by atoms with Crippen molar-refractivity contribution < 1.29 is 9.53 Å². The molecular weight excluding hydrogens is 212 g/mol. The molecular formula is C10H16N2O2S. The Kier molecular flexibility index (Phi) is 5.31. The Balaban J connectivity index is 2.20. The summed E-state index contributed by atoms with van der Waals surface area (Å²) < 4.78 is 5.01. The molecule has 0 aromatic carbocycles. The summed E-state index contributed by atoms with van der Waals surface area (Å²) in [6.45, 7) is 3.55. The molecule has 0 fully saturated rings. The number of ether oxygens (including phenoxy) is 1. The minimum Gasteiger partial charge on any atom is -0.370 e.